The van der Waals surface area contributed by atoms with Crippen LogP contribution in [0.4, 0.5) is 5.00 Å². The maximum atomic E-state index is 13.3. The monoisotopic (exact) mass is 558 g/mol. The highest BCUT2D eigenvalue weighted by molar-refractivity contribution is 7.17. The summed E-state index contributed by atoms with van der Waals surface area (Å²) in [5, 5.41) is 7.13. The first-order chi connectivity index (χ1) is 18.0. The summed E-state index contributed by atoms with van der Waals surface area (Å²) in [5.74, 6) is -0.153. The standard InChI is InChI=1S/C29H32Cl2N2O3S/c1-2-3-4-10-15-36-26-22(30)16-20(17-23(26)31)27(34)33-29-25(21-13-8-9-14-24(21)37-29)28(35)32-18-19-11-6-5-7-12-19/h5-7,11-12,16-17H,2-4,8-10,13-15,18H2,1H3,(H,32,35)(H,33,34). The van der Waals surface area contributed by atoms with Crippen LogP contribution >= 0.6 is 34.5 Å². The summed E-state index contributed by atoms with van der Waals surface area (Å²) in [4.78, 5) is 27.7. The van der Waals surface area contributed by atoms with Gasteiger partial charge in [-0.05, 0) is 55.4 Å². The molecule has 8 heteroatoms. The number of nitrogens with one attached hydrogen (secondary N) is 2. The van der Waals surface area contributed by atoms with Gasteiger partial charge in [0, 0.05) is 17.0 Å². The molecule has 0 radical (unpaired) electrons. The van der Waals surface area contributed by atoms with Gasteiger partial charge in [0.15, 0.2) is 5.75 Å². The van der Waals surface area contributed by atoms with Crippen molar-refractivity contribution in [3.63, 3.8) is 0 Å². The number of fused-ring (bicyclic) bond motifs is 1. The number of benzene rings is 2. The van der Waals surface area contributed by atoms with Crippen molar-refractivity contribution in [1.82, 2.24) is 5.32 Å². The number of hydrogen-bond donors (Lipinski definition) is 2. The Labute approximate surface area is 232 Å². The first kappa shape index (κ1) is 27.5. The fourth-order valence-corrected chi connectivity index (χ4v) is 6.35. The molecule has 0 saturated heterocycles. The summed E-state index contributed by atoms with van der Waals surface area (Å²) in [6.07, 6.45) is 8.16. The van der Waals surface area contributed by atoms with E-state index in [0.29, 0.717) is 45.1 Å². The molecule has 0 unspecified atom stereocenters. The molecule has 37 heavy (non-hydrogen) atoms. The molecule has 2 N–H and O–H groups in total. The minimum Gasteiger partial charge on any atom is -0.490 e. The molecular weight excluding hydrogens is 527 g/mol. The highest BCUT2D eigenvalue weighted by atomic mass is 35.5. The van der Waals surface area contributed by atoms with E-state index >= 15 is 0 Å². The maximum absolute atomic E-state index is 13.3. The van der Waals surface area contributed by atoms with Gasteiger partial charge in [0.25, 0.3) is 11.8 Å². The van der Waals surface area contributed by atoms with Gasteiger partial charge in [-0.1, -0.05) is 79.7 Å². The minimum atomic E-state index is -0.367. The summed E-state index contributed by atoms with van der Waals surface area (Å²) in [6.45, 7) is 3.10. The Bertz CT molecular complexity index is 1220. The molecule has 3 aromatic rings. The summed E-state index contributed by atoms with van der Waals surface area (Å²) in [6, 6.07) is 12.9. The predicted octanol–water partition coefficient (Wildman–Crippen LogP) is 8.08. The summed E-state index contributed by atoms with van der Waals surface area (Å²) < 4.78 is 5.79. The van der Waals surface area contributed by atoms with Crippen molar-refractivity contribution in [1.29, 1.82) is 0 Å². The lowest BCUT2D eigenvalue weighted by Gasteiger charge is -2.14. The van der Waals surface area contributed by atoms with E-state index in [0.717, 1.165) is 67.4 Å². The SMILES string of the molecule is CCCCCCOc1c(Cl)cc(C(=O)Nc2sc3c(c2C(=O)NCc2ccccc2)CCCC3)cc1Cl. The average Bonchev–Trinajstić information content (AvgIpc) is 3.26. The predicted molar refractivity (Wildman–Crippen MR) is 153 cm³/mol. The normalized spacial score (nSPS) is 12.6. The largest absolute Gasteiger partial charge is 0.490 e. The first-order valence-electron chi connectivity index (χ1n) is 12.9. The van der Waals surface area contributed by atoms with E-state index in [-0.39, 0.29) is 11.8 Å². The van der Waals surface area contributed by atoms with Crippen molar-refractivity contribution < 1.29 is 14.3 Å². The average molecular weight is 560 g/mol. The van der Waals surface area contributed by atoms with E-state index < -0.39 is 0 Å². The van der Waals surface area contributed by atoms with Crippen LogP contribution in [0.1, 0.15) is 82.2 Å². The first-order valence-corrected chi connectivity index (χ1v) is 14.4. The number of hydrogen-bond acceptors (Lipinski definition) is 4. The minimum absolute atomic E-state index is 0.179. The van der Waals surface area contributed by atoms with Crippen molar-refractivity contribution in [3.8, 4) is 5.75 Å². The van der Waals surface area contributed by atoms with Gasteiger partial charge in [-0.25, -0.2) is 0 Å². The van der Waals surface area contributed by atoms with Gasteiger partial charge < -0.3 is 15.4 Å². The summed E-state index contributed by atoms with van der Waals surface area (Å²) in [5.41, 5.74) is 2.94. The van der Waals surface area contributed by atoms with Crippen molar-refractivity contribution in [2.24, 2.45) is 0 Å². The molecular formula is C29H32Cl2N2O3S. The molecule has 5 nitrogen and oxygen atoms in total. The number of thiophene rings is 1. The van der Waals surface area contributed by atoms with E-state index in [1.807, 2.05) is 30.3 Å². The fourth-order valence-electron chi connectivity index (χ4n) is 4.47. The van der Waals surface area contributed by atoms with Crippen molar-refractivity contribution >= 4 is 51.4 Å². The Morgan fingerprint density at radius 3 is 2.43 bits per heavy atom. The Kier molecular flexibility index (Phi) is 9.89. The number of halogens is 2. The number of aryl methyl sites for hydroxylation is 1. The van der Waals surface area contributed by atoms with E-state index in [1.165, 1.54) is 11.3 Å². The molecule has 4 rings (SSSR count). The van der Waals surface area contributed by atoms with Crippen LogP contribution in [-0.4, -0.2) is 18.4 Å². The topological polar surface area (TPSA) is 67.4 Å². The van der Waals surface area contributed by atoms with Crippen LogP contribution in [0.2, 0.25) is 10.0 Å². The highest BCUT2D eigenvalue weighted by Crippen LogP contribution is 2.39. The van der Waals surface area contributed by atoms with Crippen molar-refractivity contribution in [2.45, 2.75) is 64.8 Å². The molecule has 1 aliphatic rings. The smallest absolute Gasteiger partial charge is 0.256 e. The third kappa shape index (κ3) is 7.07. The molecule has 0 spiro atoms. The molecule has 196 valence electrons. The van der Waals surface area contributed by atoms with Gasteiger partial charge in [0.1, 0.15) is 5.00 Å². The number of unbranched alkanes of at least 4 members (excludes halogenated alkanes) is 3. The third-order valence-electron chi connectivity index (χ3n) is 6.43. The number of carbonyl (C=O) groups excluding carboxylic acids is 2. The molecule has 2 aromatic carbocycles. The van der Waals surface area contributed by atoms with Crippen LogP contribution in [-0.2, 0) is 19.4 Å². The molecule has 1 aromatic heterocycles. The number of rotatable bonds is 11. The van der Waals surface area contributed by atoms with Gasteiger partial charge in [-0.2, -0.15) is 0 Å². The molecule has 2 amide bonds. The number of anilines is 1. The third-order valence-corrected chi connectivity index (χ3v) is 8.19. The Balaban J connectivity index is 1.50. The maximum Gasteiger partial charge on any atom is 0.256 e. The van der Waals surface area contributed by atoms with Crippen LogP contribution in [0.3, 0.4) is 0 Å². The van der Waals surface area contributed by atoms with Gasteiger partial charge in [-0.3, -0.25) is 9.59 Å². The van der Waals surface area contributed by atoms with Gasteiger partial charge in [0.2, 0.25) is 0 Å². The summed E-state index contributed by atoms with van der Waals surface area (Å²) in [7, 11) is 0. The zero-order valence-corrected chi connectivity index (χ0v) is 23.3. The fraction of sp³-hybridized carbons (Fsp3) is 0.379. The molecule has 1 aliphatic carbocycles. The number of amides is 2. The van der Waals surface area contributed by atoms with Crippen molar-refractivity contribution in [2.75, 3.05) is 11.9 Å². The van der Waals surface area contributed by atoms with Crippen LogP contribution in [0.5, 0.6) is 5.75 Å². The molecule has 0 bridgehead atoms. The second kappa shape index (κ2) is 13.3. The lowest BCUT2D eigenvalue weighted by molar-refractivity contribution is 0.0951. The molecule has 0 aliphatic heterocycles. The second-order valence-electron chi connectivity index (χ2n) is 9.22. The zero-order chi connectivity index (χ0) is 26.2. The Morgan fingerprint density at radius 2 is 1.70 bits per heavy atom. The van der Waals surface area contributed by atoms with Crippen LogP contribution in [0.15, 0.2) is 42.5 Å². The summed E-state index contributed by atoms with van der Waals surface area (Å²) >= 11 is 14.3. The van der Waals surface area contributed by atoms with Crippen LogP contribution < -0.4 is 15.4 Å². The lowest BCUT2D eigenvalue weighted by Crippen LogP contribution is -2.25. The lowest BCUT2D eigenvalue weighted by atomic mass is 9.95. The van der Waals surface area contributed by atoms with Crippen LogP contribution in [0, 0.1) is 0 Å². The van der Waals surface area contributed by atoms with Gasteiger partial charge in [-0.15, -0.1) is 11.3 Å². The zero-order valence-electron chi connectivity index (χ0n) is 21.0. The van der Waals surface area contributed by atoms with E-state index in [9.17, 15) is 9.59 Å². The van der Waals surface area contributed by atoms with Gasteiger partial charge in [0.05, 0.1) is 22.2 Å². The molecule has 0 saturated carbocycles. The van der Waals surface area contributed by atoms with Crippen molar-refractivity contribution in [3.05, 3.63) is 79.6 Å². The van der Waals surface area contributed by atoms with Crippen LogP contribution in [0.25, 0.3) is 0 Å². The molecule has 1 heterocycles. The quantitative estimate of drug-likeness (QED) is 0.234. The molecule has 0 atom stereocenters. The van der Waals surface area contributed by atoms with E-state index in [1.54, 1.807) is 12.1 Å². The van der Waals surface area contributed by atoms with Gasteiger partial charge >= 0.3 is 0 Å². The molecule has 0 fully saturated rings. The Morgan fingerprint density at radius 1 is 0.973 bits per heavy atom. The van der Waals surface area contributed by atoms with E-state index in [4.69, 9.17) is 27.9 Å². The second-order valence-corrected chi connectivity index (χ2v) is 11.1. The Hall–Kier alpha value is -2.54. The number of ether oxygens (including phenoxy) is 1. The van der Waals surface area contributed by atoms with E-state index in [2.05, 4.69) is 17.6 Å². The number of carbonyl (C=O) groups is 2. The highest BCUT2D eigenvalue weighted by Gasteiger charge is 2.27.